The van der Waals surface area contributed by atoms with Crippen molar-refractivity contribution < 1.29 is 17.9 Å². The van der Waals surface area contributed by atoms with Crippen molar-refractivity contribution in [3.8, 4) is 11.8 Å². The monoisotopic (exact) mass is 467 g/mol. The number of anilines is 1. The normalized spacial score (nSPS) is 20.0. The molecular formula is C25H29N3O4S. The van der Waals surface area contributed by atoms with Gasteiger partial charge in [-0.3, -0.25) is 4.79 Å². The van der Waals surface area contributed by atoms with Gasteiger partial charge in [0.1, 0.15) is 5.75 Å². The van der Waals surface area contributed by atoms with Gasteiger partial charge in [0, 0.05) is 18.8 Å². The molecule has 1 N–H and O–H groups in total. The summed E-state index contributed by atoms with van der Waals surface area (Å²) in [6, 6.07) is 14.6. The number of hydrogen-bond acceptors (Lipinski definition) is 5. The number of carbonyl (C=O) groups is 1. The molecule has 174 valence electrons. The average Bonchev–Trinajstić information content (AvgIpc) is 3.62. The fourth-order valence-corrected chi connectivity index (χ4v) is 5.94. The van der Waals surface area contributed by atoms with Gasteiger partial charge in [-0.2, -0.15) is 9.57 Å². The summed E-state index contributed by atoms with van der Waals surface area (Å²) in [6.45, 7) is 4.76. The van der Waals surface area contributed by atoms with E-state index in [1.165, 1.54) is 4.31 Å². The zero-order valence-corrected chi connectivity index (χ0v) is 19.8. The quantitative estimate of drug-likeness (QED) is 0.664. The number of nitriles is 1. The summed E-state index contributed by atoms with van der Waals surface area (Å²) in [5.74, 6) is 0.0542. The van der Waals surface area contributed by atoms with Crippen molar-refractivity contribution in [2.75, 3.05) is 25.0 Å². The summed E-state index contributed by atoms with van der Waals surface area (Å²) in [6.07, 6.45) is 3.00. The molecule has 7 nitrogen and oxygen atoms in total. The van der Waals surface area contributed by atoms with Gasteiger partial charge >= 0.3 is 0 Å². The summed E-state index contributed by atoms with van der Waals surface area (Å²) >= 11 is 0. The third kappa shape index (κ3) is 4.75. The molecule has 2 aromatic rings. The fourth-order valence-electron chi connectivity index (χ4n) is 4.33. The number of nitrogens with zero attached hydrogens (tertiary/aromatic N) is 2. The number of sulfonamides is 1. The number of carbonyl (C=O) groups excluding carboxylic acids is 1. The number of benzene rings is 2. The van der Waals surface area contributed by atoms with Gasteiger partial charge in [-0.05, 0) is 81.0 Å². The summed E-state index contributed by atoms with van der Waals surface area (Å²) in [7, 11) is -3.71. The van der Waals surface area contributed by atoms with Gasteiger partial charge in [0.25, 0.3) is 0 Å². The van der Waals surface area contributed by atoms with E-state index in [1.807, 2.05) is 38.1 Å². The van der Waals surface area contributed by atoms with Crippen LogP contribution in [0.4, 0.5) is 5.69 Å². The second kappa shape index (κ2) is 9.16. The van der Waals surface area contributed by atoms with Gasteiger partial charge in [0.05, 0.1) is 28.9 Å². The van der Waals surface area contributed by atoms with Crippen LogP contribution >= 0.6 is 0 Å². The molecule has 1 heterocycles. The maximum Gasteiger partial charge on any atom is 0.243 e. The molecule has 1 aliphatic heterocycles. The standard InChI is InChI=1S/C25H29N3O4S/c1-3-32-23-11-10-22(15-18(23)2)33(30,31)28-14-4-5-19(16-28)24(29)27-21-8-6-20(7-9-21)25(17-26)12-13-25/h6-11,15,19H,3-5,12-14,16H2,1-2H3,(H,27,29)/t19-/m0/s1. The van der Waals surface area contributed by atoms with E-state index in [-0.39, 0.29) is 22.8 Å². The van der Waals surface area contributed by atoms with Crippen LogP contribution < -0.4 is 10.1 Å². The SMILES string of the molecule is CCOc1ccc(S(=O)(=O)N2CCC[C@H](C(=O)Nc3ccc(C4(C#N)CC4)cc3)C2)cc1C. The van der Waals surface area contributed by atoms with Gasteiger partial charge in [-0.15, -0.1) is 0 Å². The highest BCUT2D eigenvalue weighted by Gasteiger charge is 2.44. The van der Waals surface area contributed by atoms with Crippen LogP contribution in [-0.2, 0) is 20.2 Å². The predicted molar refractivity (Wildman–Crippen MR) is 125 cm³/mol. The Kier molecular flexibility index (Phi) is 6.46. The lowest BCUT2D eigenvalue weighted by Crippen LogP contribution is -2.43. The Hall–Kier alpha value is -2.89. The molecule has 1 amide bonds. The largest absolute Gasteiger partial charge is 0.494 e. The lowest BCUT2D eigenvalue weighted by atomic mass is 9.97. The third-order valence-electron chi connectivity index (χ3n) is 6.51. The van der Waals surface area contributed by atoms with Crippen LogP contribution in [-0.4, -0.2) is 38.3 Å². The summed E-state index contributed by atoms with van der Waals surface area (Å²) in [5, 5.41) is 12.3. The van der Waals surface area contributed by atoms with Crippen molar-refractivity contribution in [2.24, 2.45) is 5.92 Å². The number of hydrogen-bond donors (Lipinski definition) is 1. The van der Waals surface area contributed by atoms with E-state index in [2.05, 4.69) is 11.4 Å². The minimum Gasteiger partial charge on any atom is -0.494 e. The van der Waals surface area contributed by atoms with E-state index in [1.54, 1.807) is 18.2 Å². The van der Waals surface area contributed by atoms with Crippen LogP contribution in [0.15, 0.2) is 47.4 Å². The zero-order valence-electron chi connectivity index (χ0n) is 19.0. The van der Waals surface area contributed by atoms with Gasteiger partial charge < -0.3 is 10.1 Å². The van der Waals surface area contributed by atoms with Crippen LogP contribution in [0.1, 0.15) is 43.7 Å². The molecule has 1 atom stereocenters. The van der Waals surface area contributed by atoms with Gasteiger partial charge in [0.15, 0.2) is 0 Å². The van der Waals surface area contributed by atoms with Crippen molar-refractivity contribution in [3.63, 3.8) is 0 Å². The van der Waals surface area contributed by atoms with E-state index in [4.69, 9.17) is 4.74 Å². The molecule has 2 aromatic carbocycles. The van der Waals surface area contributed by atoms with Crippen LogP contribution in [0.3, 0.4) is 0 Å². The summed E-state index contributed by atoms with van der Waals surface area (Å²) < 4.78 is 33.4. The number of ether oxygens (including phenoxy) is 1. The molecule has 0 unspecified atom stereocenters. The van der Waals surface area contributed by atoms with E-state index >= 15 is 0 Å². The van der Waals surface area contributed by atoms with E-state index in [0.29, 0.717) is 37.4 Å². The lowest BCUT2D eigenvalue weighted by Gasteiger charge is -2.31. The molecule has 8 heteroatoms. The first-order valence-electron chi connectivity index (χ1n) is 11.4. The number of aryl methyl sites for hydroxylation is 1. The molecule has 0 spiro atoms. The Morgan fingerprint density at radius 3 is 2.58 bits per heavy atom. The maximum absolute atomic E-state index is 13.2. The van der Waals surface area contributed by atoms with Crippen molar-refractivity contribution in [1.29, 1.82) is 5.26 Å². The smallest absolute Gasteiger partial charge is 0.243 e. The molecule has 0 bridgehead atoms. The molecule has 33 heavy (non-hydrogen) atoms. The molecule has 2 fully saturated rings. The zero-order chi connectivity index (χ0) is 23.6. The Morgan fingerprint density at radius 1 is 1.24 bits per heavy atom. The highest BCUT2D eigenvalue weighted by Crippen LogP contribution is 2.47. The van der Waals surface area contributed by atoms with Gasteiger partial charge in [0.2, 0.25) is 15.9 Å². The Bertz CT molecular complexity index is 1180. The van der Waals surface area contributed by atoms with Crippen LogP contribution in [0.25, 0.3) is 0 Å². The van der Waals surface area contributed by atoms with E-state index in [0.717, 1.165) is 24.0 Å². The van der Waals surface area contributed by atoms with Gasteiger partial charge in [-0.1, -0.05) is 12.1 Å². The first-order valence-corrected chi connectivity index (χ1v) is 12.8. The highest BCUT2D eigenvalue weighted by atomic mass is 32.2. The summed E-state index contributed by atoms with van der Waals surface area (Å²) in [5.41, 5.74) is 2.03. The second-order valence-corrected chi connectivity index (χ2v) is 10.8. The van der Waals surface area contributed by atoms with Crippen LogP contribution in [0, 0.1) is 24.2 Å². The van der Waals surface area contributed by atoms with Crippen molar-refractivity contribution in [2.45, 2.75) is 49.8 Å². The second-order valence-electron chi connectivity index (χ2n) is 8.82. The van der Waals surface area contributed by atoms with E-state index in [9.17, 15) is 18.5 Å². The van der Waals surface area contributed by atoms with Crippen molar-refractivity contribution >= 4 is 21.6 Å². The molecule has 0 aromatic heterocycles. The molecular weight excluding hydrogens is 438 g/mol. The Balaban J connectivity index is 1.43. The number of rotatable bonds is 7. The van der Waals surface area contributed by atoms with Crippen LogP contribution in [0.5, 0.6) is 5.75 Å². The average molecular weight is 468 g/mol. The lowest BCUT2D eigenvalue weighted by molar-refractivity contribution is -0.120. The first kappa shape index (κ1) is 23.3. The minimum absolute atomic E-state index is 0.149. The number of nitrogens with one attached hydrogen (secondary N) is 1. The molecule has 1 saturated carbocycles. The van der Waals surface area contributed by atoms with Crippen molar-refractivity contribution in [3.05, 3.63) is 53.6 Å². The Labute approximate surface area is 195 Å². The minimum atomic E-state index is -3.71. The molecule has 2 aliphatic rings. The molecule has 1 aliphatic carbocycles. The molecule has 0 radical (unpaired) electrons. The maximum atomic E-state index is 13.2. The third-order valence-corrected chi connectivity index (χ3v) is 8.37. The van der Waals surface area contributed by atoms with Crippen LogP contribution in [0.2, 0.25) is 0 Å². The Morgan fingerprint density at radius 2 is 1.97 bits per heavy atom. The highest BCUT2D eigenvalue weighted by molar-refractivity contribution is 7.89. The summed E-state index contributed by atoms with van der Waals surface area (Å²) in [4.78, 5) is 13.1. The topological polar surface area (TPSA) is 99.5 Å². The molecule has 4 rings (SSSR count). The van der Waals surface area contributed by atoms with Gasteiger partial charge in [-0.25, -0.2) is 8.42 Å². The first-order chi connectivity index (χ1) is 15.8. The predicted octanol–water partition coefficient (Wildman–Crippen LogP) is 3.99. The number of piperidine rings is 1. The van der Waals surface area contributed by atoms with Crippen molar-refractivity contribution in [1.82, 2.24) is 4.31 Å². The fraction of sp³-hybridized carbons (Fsp3) is 0.440. The molecule has 1 saturated heterocycles. The number of amides is 1. The van der Waals surface area contributed by atoms with E-state index < -0.39 is 15.9 Å².